The molecule has 1 amide bonds. The highest BCUT2D eigenvalue weighted by atomic mass is 19.4. The molecule has 1 saturated heterocycles. The van der Waals surface area contributed by atoms with Gasteiger partial charge in [0.25, 0.3) is 0 Å². The van der Waals surface area contributed by atoms with Crippen molar-refractivity contribution in [3.05, 3.63) is 30.0 Å². The number of alkyl halides is 3. The van der Waals surface area contributed by atoms with Crippen LogP contribution in [0.4, 0.5) is 23.7 Å². The van der Waals surface area contributed by atoms with Crippen molar-refractivity contribution >= 4 is 22.7 Å². The zero-order valence-corrected chi connectivity index (χ0v) is 24.9. The smallest absolute Gasteiger partial charge is 0.408 e. The third-order valence-electron chi connectivity index (χ3n) is 6.74. The van der Waals surface area contributed by atoms with E-state index >= 15 is 0 Å². The molecule has 0 spiro atoms. The predicted molar refractivity (Wildman–Crippen MR) is 155 cm³/mol. The number of likely N-dealkylation sites (tertiary alicyclic amines) is 1. The molecule has 2 heterocycles. The summed E-state index contributed by atoms with van der Waals surface area (Å²) >= 11 is 0. The number of hydrogen-bond acceptors (Lipinski definition) is 7. The van der Waals surface area contributed by atoms with Gasteiger partial charge in [-0.3, -0.25) is 0 Å². The molecule has 1 aromatic carbocycles. The van der Waals surface area contributed by atoms with Crippen LogP contribution in [0.3, 0.4) is 0 Å². The van der Waals surface area contributed by atoms with E-state index in [-0.39, 0.29) is 37.4 Å². The number of ether oxygens (including phenoxy) is 3. The Bertz CT molecular complexity index is 1220. The number of alkyl carbamates (subject to hydrolysis) is 1. The molecular weight excluding hydrogens is 553 g/mol. The van der Waals surface area contributed by atoms with Crippen LogP contribution >= 0.6 is 0 Å². The molecule has 1 aliphatic rings. The van der Waals surface area contributed by atoms with Crippen molar-refractivity contribution in [2.45, 2.75) is 58.0 Å². The minimum atomic E-state index is -4.44. The third kappa shape index (κ3) is 11.0. The van der Waals surface area contributed by atoms with Gasteiger partial charge in [0.05, 0.1) is 44.2 Å². The fourth-order valence-corrected chi connectivity index (χ4v) is 4.95. The molecule has 1 aliphatic heterocycles. The van der Waals surface area contributed by atoms with Crippen molar-refractivity contribution in [1.82, 2.24) is 14.8 Å². The Morgan fingerprint density at radius 2 is 1.88 bits per heavy atom. The van der Waals surface area contributed by atoms with Crippen LogP contribution in [0.5, 0.6) is 0 Å². The van der Waals surface area contributed by atoms with E-state index in [2.05, 4.69) is 34.4 Å². The summed E-state index contributed by atoms with van der Waals surface area (Å²) in [7, 11) is 2.08. The molecule has 0 unspecified atom stereocenters. The second-order valence-electron chi connectivity index (χ2n) is 11.4. The highest BCUT2D eigenvalue weighted by Gasteiger charge is 2.31. The summed E-state index contributed by atoms with van der Waals surface area (Å²) in [5.74, 6) is 5.83. The van der Waals surface area contributed by atoms with E-state index in [9.17, 15) is 18.0 Å². The van der Waals surface area contributed by atoms with Crippen molar-refractivity contribution in [3.8, 4) is 11.8 Å². The lowest BCUT2D eigenvalue weighted by atomic mass is 9.89. The zero-order chi connectivity index (χ0) is 30.8. The standard InChI is InChI=1S/C30H43F3N4O5/c1-29(2,3)42-28(39)34-12-6-7-23-19-24-26(8-5-9-27(24)37(23)21-30(31,32)33)35-25-10-13-36(4)20-22(25)11-15-40-17-18-41-16-14-38/h5,8-9,19,22,25,35,38H,10-18,20-21H2,1-4H3,(H,34,39)/t22-,25-/m0/s1. The minimum Gasteiger partial charge on any atom is -0.444 e. The first kappa shape index (κ1) is 33.5. The van der Waals surface area contributed by atoms with Gasteiger partial charge in [0.2, 0.25) is 0 Å². The van der Waals surface area contributed by atoms with Gasteiger partial charge in [-0.15, -0.1) is 0 Å². The number of aliphatic hydroxyl groups is 1. The van der Waals surface area contributed by atoms with Gasteiger partial charge >= 0.3 is 12.3 Å². The van der Waals surface area contributed by atoms with Crippen LogP contribution in [-0.4, -0.2) is 98.2 Å². The molecule has 1 aromatic heterocycles. The third-order valence-corrected chi connectivity index (χ3v) is 6.74. The summed E-state index contributed by atoms with van der Waals surface area (Å²) in [5.41, 5.74) is 0.716. The molecule has 0 aliphatic carbocycles. The van der Waals surface area contributed by atoms with Gasteiger partial charge in [0, 0.05) is 30.3 Å². The number of fused-ring (bicyclic) bond motifs is 1. The van der Waals surface area contributed by atoms with Crippen molar-refractivity contribution in [1.29, 1.82) is 0 Å². The van der Waals surface area contributed by atoms with Gasteiger partial charge in [-0.25, -0.2) is 4.79 Å². The Labute approximate surface area is 245 Å². The Morgan fingerprint density at radius 1 is 1.14 bits per heavy atom. The summed E-state index contributed by atoms with van der Waals surface area (Å²) in [5, 5.41) is 15.6. The first-order valence-corrected chi connectivity index (χ1v) is 14.2. The molecule has 1 fully saturated rings. The number of aromatic nitrogens is 1. The SMILES string of the molecule is CN1CC[C@H](Nc2cccc3c2cc(C#CCNC(=O)OC(C)(C)C)n3CC(F)(F)F)[C@@H](CCOCCOCCO)C1. The number of hydrogen-bond donors (Lipinski definition) is 3. The quantitative estimate of drug-likeness (QED) is 0.249. The number of nitrogens with zero attached hydrogens (tertiary/aromatic N) is 2. The number of anilines is 1. The van der Waals surface area contributed by atoms with Crippen LogP contribution in [0.15, 0.2) is 24.3 Å². The lowest BCUT2D eigenvalue weighted by Gasteiger charge is -2.38. The van der Waals surface area contributed by atoms with Crippen LogP contribution in [0, 0.1) is 17.8 Å². The van der Waals surface area contributed by atoms with Gasteiger partial charge in [-0.1, -0.05) is 12.0 Å². The number of nitrogens with one attached hydrogen (secondary N) is 2. The van der Waals surface area contributed by atoms with Crippen molar-refractivity contribution < 1.29 is 37.3 Å². The Kier molecular flexibility index (Phi) is 12.4. The summed E-state index contributed by atoms with van der Waals surface area (Å²) in [6.45, 7) is 7.42. The fraction of sp³-hybridized carbons (Fsp3) is 0.633. The molecule has 3 rings (SSSR count). The number of carbonyl (C=O) groups excluding carboxylic acids is 1. The van der Waals surface area contributed by atoms with Crippen LogP contribution < -0.4 is 10.6 Å². The maximum atomic E-state index is 13.6. The van der Waals surface area contributed by atoms with Gasteiger partial charge < -0.3 is 39.4 Å². The molecule has 0 saturated carbocycles. The second kappa shape index (κ2) is 15.5. The number of rotatable bonds is 12. The number of piperidine rings is 1. The second-order valence-corrected chi connectivity index (χ2v) is 11.4. The predicted octanol–water partition coefficient (Wildman–Crippen LogP) is 4.23. The van der Waals surface area contributed by atoms with Gasteiger partial charge in [0.15, 0.2) is 0 Å². The topological polar surface area (TPSA) is 97.2 Å². The van der Waals surface area contributed by atoms with Gasteiger partial charge in [-0.2, -0.15) is 13.2 Å². The summed E-state index contributed by atoms with van der Waals surface area (Å²) in [6, 6.07) is 7.07. The molecule has 234 valence electrons. The molecule has 12 heteroatoms. The normalized spacial score (nSPS) is 18.0. The number of carbonyl (C=O) groups is 1. The average molecular weight is 597 g/mol. The summed E-state index contributed by atoms with van der Waals surface area (Å²) < 4.78 is 58.0. The van der Waals surface area contributed by atoms with E-state index in [1.165, 1.54) is 4.57 Å². The highest BCUT2D eigenvalue weighted by molar-refractivity contribution is 5.94. The van der Waals surface area contributed by atoms with Crippen molar-refractivity contribution in [2.24, 2.45) is 5.92 Å². The number of halogens is 3. The largest absolute Gasteiger partial charge is 0.444 e. The maximum Gasteiger partial charge on any atom is 0.408 e. The molecule has 2 aromatic rings. The lowest BCUT2D eigenvalue weighted by Crippen LogP contribution is -2.45. The van der Waals surface area contributed by atoms with Gasteiger partial charge in [0.1, 0.15) is 12.1 Å². The fourth-order valence-electron chi connectivity index (χ4n) is 4.95. The first-order valence-electron chi connectivity index (χ1n) is 14.2. The number of amides is 1. The van der Waals surface area contributed by atoms with E-state index in [1.807, 2.05) is 6.07 Å². The van der Waals surface area contributed by atoms with Crippen molar-refractivity contribution in [3.63, 3.8) is 0 Å². The summed E-state index contributed by atoms with van der Waals surface area (Å²) in [6.07, 6.45) is -3.40. The zero-order valence-electron chi connectivity index (χ0n) is 24.9. The van der Waals surface area contributed by atoms with Crippen LogP contribution in [0.2, 0.25) is 0 Å². The Hall–Kier alpha value is -2.98. The van der Waals surface area contributed by atoms with Gasteiger partial charge in [-0.05, 0) is 77.2 Å². The minimum absolute atomic E-state index is 0.0204. The molecule has 0 radical (unpaired) electrons. The van der Waals surface area contributed by atoms with E-state index in [1.54, 1.807) is 39.0 Å². The average Bonchev–Trinajstić information content (AvgIpc) is 3.23. The number of benzene rings is 1. The lowest BCUT2D eigenvalue weighted by molar-refractivity contribution is -0.140. The maximum absolute atomic E-state index is 13.6. The molecule has 9 nitrogen and oxygen atoms in total. The monoisotopic (exact) mass is 596 g/mol. The van der Waals surface area contributed by atoms with E-state index in [4.69, 9.17) is 19.3 Å². The molecule has 2 atom stereocenters. The molecule has 42 heavy (non-hydrogen) atoms. The van der Waals surface area contributed by atoms with Crippen LogP contribution in [0.1, 0.15) is 39.3 Å². The first-order chi connectivity index (χ1) is 19.9. The Balaban J connectivity index is 1.77. The van der Waals surface area contributed by atoms with E-state index in [0.717, 1.165) is 31.6 Å². The van der Waals surface area contributed by atoms with E-state index < -0.39 is 24.4 Å². The highest BCUT2D eigenvalue weighted by Crippen LogP contribution is 2.32. The molecule has 3 N–H and O–H groups in total. The number of aliphatic hydroxyl groups excluding tert-OH is 1. The molecule has 0 bridgehead atoms. The van der Waals surface area contributed by atoms with Crippen LogP contribution in [0.25, 0.3) is 10.9 Å². The van der Waals surface area contributed by atoms with E-state index in [0.29, 0.717) is 30.7 Å². The van der Waals surface area contributed by atoms with Crippen molar-refractivity contribution in [2.75, 3.05) is 65.0 Å². The summed E-state index contributed by atoms with van der Waals surface area (Å²) in [4.78, 5) is 14.2. The van der Waals surface area contributed by atoms with Crippen LogP contribution in [-0.2, 0) is 20.8 Å². The Morgan fingerprint density at radius 3 is 2.57 bits per heavy atom. The molecular formula is C30H43F3N4O5.